The van der Waals surface area contributed by atoms with Gasteiger partial charge >= 0.3 is 0 Å². The van der Waals surface area contributed by atoms with E-state index in [1.165, 1.54) is 22.7 Å². The normalized spacial score (nSPS) is 17.3. The zero-order valence-corrected chi connectivity index (χ0v) is 21.0. The monoisotopic (exact) mass is 512 g/mol. The fourth-order valence-electron chi connectivity index (χ4n) is 4.24. The van der Waals surface area contributed by atoms with Crippen LogP contribution in [0.25, 0.3) is 0 Å². The maximum Gasteiger partial charge on any atom is 0.264 e. The summed E-state index contributed by atoms with van der Waals surface area (Å²) in [6, 6.07) is 13.7. The van der Waals surface area contributed by atoms with Gasteiger partial charge in [0.15, 0.2) is 0 Å². The topological polar surface area (TPSA) is 105 Å². The second-order valence-corrected chi connectivity index (χ2v) is 10.1. The lowest BCUT2D eigenvalue weighted by Gasteiger charge is -2.29. The second kappa shape index (κ2) is 11.5. The highest BCUT2D eigenvalue weighted by Gasteiger charge is 2.43. The Morgan fingerprint density at radius 1 is 1.11 bits per heavy atom. The number of benzene rings is 1. The zero-order chi connectivity index (χ0) is 24.8. The second-order valence-electron chi connectivity index (χ2n) is 8.18. The van der Waals surface area contributed by atoms with Gasteiger partial charge in [0.05, 0.1) is 22.9 Å². The van der Waals surface area contributed by atoms with E-state index in [1.807, 2.05) is 47.2 Å². The summed E-state index contributed by atoms with van der Waals surface area (Å²) in [5.74, 6) is 0.110. The van der Waals surface area contributed by atoms with Crippen LogP contribution >= 0.6 is 22.7 Å². The van der Waals surface area contributed by atoms with Gasteiger partial charge < -0.3 is 25.6 Å². The van der Waals surface area contributed by atoms with Crippen molar-refractivity contribution in [1.29, 1.82) is 0 Å². The van der Waals surface area contributed by atoms with Crippen molar-refractivity contribution < 1.29 is 19.1 Å². The summed E-state index contributed by atoms with van der Waals surface area (Å²) in [6.07, 6.45) is 0.342. The molecule has 0 saturated carbocycles. The summed E-state index contributed by atoms with van der Waals surface area (Å²) < 4.78 is 5.35. The van der Waals surface area contributed by atoms with E-state index < -0.39 is 6.04 Å². The predicted molar refractivity (Wildman–Crippen MR) is 137 cm³/mol. The molecule has 3 heterocycles. The Morgan fingerprint density at radius 3 is 2.51 bits per heavy atom. The third-order valence-corrected chi connectivity index (χ3v) is 7.65. The Bertz CT molecular complexity index is 1150. The van der Waals surface area contributed by atoms with Crippen molar-refractivity contribution >= 4 is 40.4 Å². The third-order valence-electron chi connectivity index (χ3n) is 5.94. The number of ether oxygens (including phenoxy) is 1. The summed E-state index contributed by atoms with van der Waals surface area (Å²) in [7, 11) is 1.60. The van der Waals surface area contributed by atoms with E-state index in [4.69, 9.17) is 10.5 Å². The molecule has 1 aliphatic heterocycles. The Hall–Kier alpha value is -3.21. The van der Waals surface area contributed by atoms with Gasteiger partial charge in [-0.2, -0.15) is 0 Å². The van der Waals surface area contributed by atoms with Crippen LogP contribution in [0.2, 0.25) is 0 Å². The van der Waals surface area contributed by atoms with Gasteiger partial charge in [0.2, 0.25) is 5.91 Å². The van der Waals surface area contributed by atoms with Crippen LogP contribution in [0.4, 0.5) is 0 Å². The molecular weight excluding hydrogens is 484 g/mol. The number of nitrogens with zero attached hydrogens (tertiary/aromatic N) is 2. The Morgan fingerprint density at radius 2 is 1.86 bits per heavy atom. The van der Waals surface area contributed by atoms with Crippen molar-refractivity contribution in [3.8, 4) is 5.75 Å². The molecule has 0 spiro atoms. The maximum atomic E-state index is 13.6. The number of likely N-dealkylation sites (tertiary alicyclic amines) is 1. The number of thiophene rings is 2. The lowest BCUT2D eigenvalue weighted by molar-refractivity contribution is -0.124. The Balaban J connectivity index is 1.65. The van der Waals surface area contributed by atoms with E-state index in [0.717, 1.165) is 5.56 Å². The average Bonchev–Trinajstić information content (AvgIpc) is 3.67. The number of carbonyl (C=O) groups is 3. The van der Waals surface area contributed by atoms with Gasteiger partial charge in [-0.05, 0) is 47.0 Å². The predicted octanol–water partition coefficient (Wildman–Crippen LogP) is 2.82. The van der Waals surface area contributed by atoms with Crippen molar-refractivity contribution in [3.05, 3.63) is 74.6 Å². The van der Waals surface area contributed by atoms with Crippen molar-refractivity contribution in [2.24, 2.45) is 5.73 Å². The van der Waals surface area contributed by atoms with Gasteiger partial charge in [-0.3, -0.25) is 14.4 Å². The minimum absolute atomic E-state index is 0.126. The molecule has 184 valence electrons. The van der Waals surface area contributed by atoms with E-state index in [1.54, 1.807) is 29.0 Å². The lowest BCUT2D eigenvalue weighted by Crippen LogP contribution is -2.46. The first-order valence-corrected chi connectivity index (χ1v) is 13.1. The van der Waals surface area contributed by atoms with Crippen LogP contribution in [0.3, 0.4) is 0 Å². The van der Waals surface area contributed by atoms with Crippen LogP contribution in [0.15, 0.2) is 59.3 Å². The van der Waals surface area contributed by atoms with Crippen LogP contribution in [0.1, 0.15) is 31.3 Å². The Kier molecular flexibility index (Phi) is 8.17. The molecule has 2 unspecified atom stereocenters. The number of nitrogens with two attached hydrogens (primary N) is 1. The van der Waals surface area contributed by atoms with Crippen LogP contribution in [0, 0.1) is 0 Å². The number of amides is 3. The molecular formula is C25H28N4O4S2. The minimum atomic E-state index is -0.690. The average molecular weight is 513 g/mol. The molecule has 4 rings (SSSR count). The molecule has 0 radical (unpaired) electrons. The number of hydrogen-bond donors (Lipinski definition) is 2. The summed E-state index contributed by atoms with van der Waals surface area (Å²) >= 11 is 2.71. The molecule has 2 aromatic heterocycles. The van der Waals surface area contributed by atoms with Crippen molar-refractivity contribution in [2.45, 2.75) is 25.0 Å². The molecule has 1 aliphatic rings. The fourth-order valence-corrected chi connectivity index (χ4v) is 5.60. The van der Waals surface area contributed by atoms with Gasteiger partial charge in [-0.25, -0.2) is 0 Å². The highest BCUT2D eigenvalue weighted by molar-refractivity contribution is 7.12. The maximum absolute atomic E-state index is 13.6. The van der Waals surface area contributed by atoms with Gasteiger partial charge in [-0.1, -0.05) is 24.3 Å². The number of rotatable bonds is 9. The zero-order valence-electron chi connectivity index (χ0n) is 19.4. The van der Waals surface area contributed by atoms with Crippen molar-refractivity contribution in [1.82, 2.24) is 15.1 Å². The quantitative estimate of drug-likeness (QED) is 0.459. The molecule has 35 heavy (non-hydrogen) atoms. The fraction of sp³-hybridized carbons (Fsp3) is 0.320. The van der Waals surface area contributed by atoms with Crippen LogP contribution in [0.5, 0.6) is 5.75 Å². The molecule has 2 atom stereocenters. The number of nitrogens with one attached hydrogen (secondary N) is 1. The minimum Gasteiger partial charge on any atom is -0.497 e. The molecule has 1 saturated heterocycles. The summed E-state index contributed by atoms with van der Waals surface area (Å²) in [5.41, 5.74) is 6.47. The van der Waals surface area contributed by atoms with E-state index in [0.29, 0.717) is 41.6 Å². The van der Waals surface area contributed by atoms with E-state index in [2.05, 4.69) is 5.32 Å². The summed E-state index contributed by atoms with van der Waals surface area (Å²) in [6.45, 7) is 1.22. The number of carbonyl (C=O) groups excluding carboxylic acids is 3. The molecule has 0 aliphatic carbocycles. The standard InChI is InChI=1S/C25H28N4O4S2/c1-33-19-6-2-5-17(13-19)15-28(24(31)21-7-3-11-34-21)18-14-20(23(30)27-10-9-26)29(16-18)25(32)22-8-4-12-35-22/h2-8,11-13,18,20H,9-10,14-16,26H2,1H3,(H,27,30). The SMILES string of the molecule is COc1cccc(CN(C(=O)c2cccs2)C2CC(C(=O)NCCN)N(C(=O)c3cccs3)C2)c1. The van der Waals surface area contributed by atoms with Gasteiger partial charge in [0.1, 0.15) is 11.8 Å². The van der Waals surface area contributed by atoms with E-state index in [-0.39, 0.29) is 30.3 Å². The largest absolute Gasteiger partial charge is 0.497 e. The molecule has 3 aromatic rings. The van der Waals surface area contributed by atoms with Crippen LogP contribution in [-0.4, -0.2) is 66.3 Å². The smallest absolute Gasteiger partial charge is 0.264 e. The highest BCUT2D eigenvalue weighted by atomic mass is 32.1. The first-order valence-electron chi connectivity index (χ1n) is 11.3. The summed E-state index contributed by atoms with van der Waals surface area (Å²) in [4.78, 5) is 44.5. The first kappa shape index (κ1) is 24.9. The first-order chi connectivity index (χ1) is 17.0. The number of methoxy groups -OCH3 is 1. The van der Waals surface area contributed by atoms with Gasteiger partial charge in [-0.15, -0.1) is 22.7 Å². The van der Waals surface area contributed by atoms with Gasteiger partial charge in [0, 0.05) is 26.2 Å². The lowest BCUT2D eigenvalue weighted by atomic mass is 10.1. The molecule has 3 N–H and O–H groups in total. The van der Waals surface area contributed by atoms with Crippen molar-refractivity contribution in [3.63, 3.8) is 0 Å². The molecule has 1 aromatic carbocycles. The summed E-state index contributed by atoms with van der Waals surface area (Å²) in [5, 5.41) is 6.51. The molecule has 1 fully saturated rings. The van der Waals surface area contributed by atoms with Gasteiger partial charge in [0.25, 0.3) is 11.8 Å². The number of hydrogen-bond acceptors (Lipinski definition) is 7. The molecule has 8 nitrogen and oxygen atoms in total. The van der Waals surface area contributed by atoms with Crippen LogP contribution < -0.4 is 15.8 Å². The van der Waals surface area contributed by atoms with Crippen molar-refractivity contribution in [2.75, 3.05) is 26.7 Å². The van der Waals surface area contributed by atoms with E-state index in [9.17, 15) is 14.4 Å². The van der Waals surface area contributed by atoms with Crippen LogP contribution in [-0.2, 0) is 11.3 Å². The Labute approximate surface area is 212 Å². The van der Waals surface area contributed by atoms with E-state index >= 15 is 0 Å². The molecule has 0 bridgehead atoms. The molecule has 3 amide bonds. The molecule has 10 heteroatoms. The third kappa shape index (κ3) is 5.72. The highest BCUT2D eigenvalue weighted by Crippen LogP contribution is 2.29.